The molecule has 0 saturated carbocycles. The van der Waals surface area contributed by atoms with Gasteiger partial charge in [-0.3, -0.25) is 4.79 Å². The third-order valence-electron chi connectivity index (χ3n) is 4.79. The third-order valence-corrected chi connectivity index (χ3v) is 6.10. The molecule has 0 amide bonds. The van der Waals surface area contributed by atoms with E-state index in [9.17, 15) is 4.79 Å². The maximum absolute atomic E-state index is 13.0. The Hall–Kier alpha value is -0.960. The van der Waals surface area contributed by atoms with Crippen LogP contribution in [0.2, 0.25) is 0 Å². The Labute approximate surface area is 125 Å². The zero-order chi connectivity index (χ0) is 14.2. The molecule has 0 spiro atoms. The van der Waals surface area contributed by atoms with E-state index in [0.29, 0.717) is 5.78 Å². The Kier molecular flexibility index (Phi) is 3.80. The summed E-state index contributed by atoms with van der Waals surface area (Å²) < 4.78 is 5.36. The molecular formula is C17H22O2S. The number of hydrogen-bond donors (Lipinski definition) is 0. The van der Waals surface area contributed by atoms with Crippen LogP contribution < -0.4 is 4.74 Å². The predicted octanol–water partition coefficient (Wildman–Crippen LogP) is 3.75. The van der Waals surface area contributed by atoms with E-state index in [1.54, 1.807) is 7.11 Å². The van der Waals surface area contributed by atoms with Crippen LogP contribution >= 0.6 is 11.8 Å². The van der Waals surface area contributed by atoms with Gasteiger partial charge < -0.3 is 4.74 Å². The fourth-order valence-corrected chi connectivity index (χ4v) is 4.89. The van der Waals surface area contributed by atoms with Crippen LogP contribution in [0.5, 0.6) is 5.75 Å². The zero-order valence-electron chi connectivity index (χ0n) is 12.3. The normalized spacial score (nSPS) is 29.9. The second-order valence-corrected chi connectivity index (χ2v) is 7.40. The first-order valence-electron chi connectivity index (χ1n) is 7.48. The van der Waals surface area contributed by atoms with Crippen molar-refractivity contribution >= 4 is 17.5 Å². The number of ether oxygens (including phenoxy) is 1. The summed E-state index contributed by atoms with van der Waals surface area (Å²) in [5.74, 6) is 2.42. The standard InChI is InChI=1S/C17H22O2S/c1-17-8-4-3-5-9-20-15(16(17)18)10-12-6-7-13(19-2)11-14(12)17/h6-7,11,15H,3-5,8-10H2,1-2H3. The lowest BCUT2D eigenvalue weighted by Crippen LogP contribution is -2.44. The highest BCUT2D eigenvalue weighted by molar-refractivity contribution is 8.00. The summed E-state index contributed by atoms with van der Waals surface area (Å²) in [7, 11) is 1.69. The van der Waals surface area contributed by atoms with Gasteiger partial charge in [0.2, 0.25) is 0 Å². The van der Waals surface area contributed by atoms with Crippen LogP contribution in [0.3, 0.4) is 0 Å². The largest absolute Gasteiger partial charge is 0.497 e. The lowest BCUT2D eigenvalue weighted by atomic mass is 9.67. The quantitative estimate of drug-likeness (QED) is 0.788. The lowest BCUT2D eigenvalue weighted by Gasteiger charge is -2.38. The van der Waals surface area contributed by atoms with Crippen LogP contribution in [-0.2, 0) is 16.6 Å². The Morgan fingerprint density at radius 2 is 2.15 bits per heavy atom. The van der Waals surface area contributed by atoms with Crippen LogP contribution in [0.15, 0.2) is 18.2 Å². The van der Waals surface area contributed by atoms with Crippen molar-refractivity contribution in [2.75, 3.05) is 12.9 Å². The van der Waals surface area contributed by atoms with E-state index in [2.05, 4.69) is 19.1 Å². The van der Waals surface area contributed by atoms with Crippen molar-refractivity contribution in [2.45, 2.75) is 49.7 Å². The molecule has 2 atom stereocenters. The van der Waals surface area contributed by atoms with Crippen molar-refractivity contribution in [1.82, 2.24) is 0 Å². The number of rotatable bonds is 1. The highest BCUT2D eigenvalue weighted by Crippen LogP contribution is 2.44. The number of hydrogen-bond acceptors (Lipinski definition) is 3. The van der Waals surface area contributed by atoms with Crippen molar-refractivity contribution in [3.05, 3.63) is 29.3 Å². The molecule has 1 aliphatic heterocycles. The molecule has 20 heavy (non-hydrogen) atoms. The van der Waals surface area contributed by atoms with E-state index < -0.39 is 0 Å². The topological polar surface area (TPSA) is 26.3 Å². The molecule has 1 aromatic rings. The van der Waals surface area contributed by atoms with Gasteiger partial charge in [0.1, 0.15) is 5.75 Å². The van der Waals surface area contributed by atoms with Crippen LogP contribution in [0.4, 0.5) is 0 Å². The number of carbonyl (C=O) groups is 1. The first-order chi connectivity index (χ1) is 9.65. The maximum Gasteiger partial charge on any atom is 0.156 e. The fraction of sp³-hybridized carbons (Fsp3) is 0.588. The van der Waals surface area contributed by atoms with E-state index in [1.165, 1.54) is 24.0 Å². The molecule has 2 unspecified atom stereocenters. The van der Waals surface area contributed by atoms with Crippen LogP contribution in [0.1, 0.15) is 43.7 Å². The summed E-state index contributed by atoms with van der Waals surface area (Å²) in [4.78, 5) is 13.0. The molecule has 1 saturated heterocycles. The van der Waals surface area contributed by atoms with Gasteiger partial charge in [0.15, 0.2) is 5.78 Å². The van der Waals surface area contributed by atoms with Crippen molar-refractivity contribution in [1.29, 1.82) is 0 Å². The highest BCUT2D eigenvalue weighted by Gasteiger charge is 2.44. The zero-order valence-corrected chi connectivity index (χ0v) is 13.1. The molecule has 2 nitrogen and oxygen atoms in total. The van der Waals surface area contributed by atoms with E-state index in [4.69, 9.17) is 4.74 Å². The average molecular weight is 290 g/mol. The number of methoxy groups -OCH3 is 1. The molecule has 1 fully saturated rings. The van der Waals surface area contributed by atoms with Gasteiger partial charge in [0.05, 0.1) is 17.8 Å². The van der Waals surface area contributed by atoms with Gasteiger partial charge in [-0.25, -0.2) is 0 Å². The molecule has 3 rings (SSSR count). The molecule has 0 radical (unpaired) electrons. The lowest BCUT2D eigenvalue weighted by molar-refractivity contribution is -0.124. The Bertz CT molecular complexity index is 526. The summed E-state index contributed by atoms with van der Waals surface area (Å²) in [6, 6.07) is 6.27. The molecule has 2 aliphatic rings. The van der Waals surface area contributed by atoms with Gasteiger partial charge in [-0.05, 0) is 55.2 Å². The minimum absolute atomic E-state index is 0.152. The van der Waals surface area contributed by atoms with Gasteiger partial charge >= 0.3 is 0 Å². The van der Waals surface area contributed by atoms with Gasteiger partial charge in [-0.2, -0.15) is 11.8 Å². The summed E-state index contributed by atoms with van der Waals surface area (Å²) in [5, 5.41) is 0.152. The van der Waals surface area contributed by atoms with Crippen molar-refractivity contribution in [2.24, 2.45) is 0 Å². The SMILES string of the molecule is COc1ccc2c(c1)C1(C)CCCCCSC(C2)C1=O. The Balaban J connectivity index is 2.09. The van der Waals surface area contributed by atoms with Gasteiger partial charge in [0, 0.05) is 0 Å². The second-order valence-electron chi connectivity index (χ2n) is 6.09. The molecule has 1 aliphatic carbocycles. The van der Waals surface area contributed by atoms with Crippen LogP contribution in [0, 0.1) is 0 Å². The monoisotopic (exact) mass is 290 g/mol. The summed E-state index contributed by atoms with van der Waals surface area (Å²) in [6.07, 6.45) is 5.49. The summed E-state index contributed by atoms with van der Waals surface area (Å²) >= 11 is 1.87. The Morgan fingerprint density at radius 1 is 1.30 bits per heavy atom. The van der Waals surface area contributed by atoms with E-state index in [1.807, 2.05) is 17.8 Å². The molecule has 2 bridgehead atoms. The molecule has 1 aromatic carbocycles. The highest BCUT2D eigenvalue weighted by atomic mass is 32.2. The summed E-state index contributed by atoms with van der Waals surface area (Å²) in [6.45, 7) is 2.14. The number of ketones is 1. The predicted molar refractivity (Wildman–Crippen MR) is 83.8 cm³/mol. The smallest absolute Gasteiger partial charge is 0.156 e. The third kappa shape index (κ3) is 2.26. The maximum atomic E-state index is 13.0. The molecule has 1 heterocycles. The van der Waals surface area contributed by atoms with Gasteiger partial charge in [0.25, 0.3) is 0 Å². The number of fused-ring (bicyclic) bond motifs is 4. The first-order valence-corrected chi connectivity index (χ1v) is 8.53. The number of Topliss-reactive ketones (excluding diaryl/α,β-unsaturated/α-hetero) is 1. The number of thioether (sulfide) groups is 1. The minimum Gasteiger partial charge on any atom is -0.497 e. The summed E-state index contributed by atoms with van der Waals surface area (Å²) in [5.41, 5.74) is 2.23. The van der Waals surface area contributed by atoms with E-state index in [-0.39, 0.29) is 10.7 Å². The van der Waals surface area contributed by atoms with Crippen molar-refractivity contribution in [3.8, 4) is 5.75 Å². The van der Waals surface area contributed by atoms with Gasteiger partial charge in [-0.15, -0.1) is 0 Å². The number of benzene rings is 1. The van der Waals surface area contributed by atoms with Crippen LogP contribution in [-0.4, -0.2) is 23.9 Å². The average Bonchev–Trinajstić information content (AvgIpc) is 2.51. The molecular weight excluding hydrogens is 268 g/mol. The Morgan fingerprint density at radius 3 is 2.95 bits per heavy atom. The van der Waals surface area contributed by atoms with Gasteiger partial charge in [-0.1, -0.05) is 18.9 Å². The first kappa shape index (κ1) is 14.0. The molecule has 0 N–H and O–H groups in total. The fourth-order valence-electron chi connectivity index (χ4n) is 3.53. The second kappa shape index (κ2) is 5.44. The van der Waals surface area contributed by atoms with Crippen molar-refractivity contribution in [3.63, 3.8) is 0 Å². The molecule has 3 heteroatoms. The number of carbonyl (C=O) groups excluding carboxylic acids is 1. The van der Waals surface area contributed by atoms with Crippen LogP contribution in [0.25, 0.3) is 0 Å². The van der Waals surface area contributed by atoms with Crippen molar-refractivity contribution < 1.29 is 9.53 Å². The molecule has 108 valence electrons. The van der Waals surface area contributed by atoms with E-state index >= 15 is 0 Å². The minimum atomic E-state index is -0.315. The molecule has 0 aromatic heterocycles. The van der Waals surface area contributed by atoms with E-state index in [0.717, 1.165) is 30.8 Å².